The molecular weight excluding hydrogens is 380 g/mol. The van der Waals surface area contributed by atoms with Crippen LogP contribution in [0.3, 0.4) is 0 Å². The highest BCUT2D eigenvalue weighted by Crippen LogP contribution is 2.36. The van der Waals surface area contributed by atoms with Crippen molar-refractivity contribution in [3.8, 4) is 0 Å². The van der Waals surface area contributed by atoms with Gasteiger partial charge in [-0.25, -0.2) is 4.98 Å². The van der Waals surface area contributed by atoms with Gasteiger partial charge in [-0.05, 0) is 24.3 Å². The third-order valence-corrected chi connectivity index (χ3v) is 6.67. The summed E-state index contributed by atoms with van der Waals surface area (Å²) in [5, 5.41) is 5.40. The van der Waals surface area contributed by atoms with Crippen LogP contribution in [0.1, 0.15) is 6.42 Å². The molecule has 3 heterocycles. The Morgan fingerprint density at radius 3 is 2.89 bits per heavy atom. The number of para-hydroxylation sites is 1. The van der Waals surface area contributed by atoms with Crippen LogP contribution in [0.5, 0.6) is 0 Å². The molecule has 1 aromatic carbocycles. The molecule has 1 atom stereocenters. The number of carbonyl (C=O) groups is 2. The third kappa shape index (κ3) is 4.22. The average molecular weight is 401 g/mol. The summed E-state index contributed by atoms with van der Waals surface area (Å²) in [5.41, 5.74) is 1.51. The summed E-state index contributed by atoms with van der Waals surface area (Å²) in [6.45, 7) is 1.84. The van der Waals surface area contributed by atoms with Crippen LogP contribution in [0.2, 0.25) is 0 Å². The molecule has 0 bridgehead atoms. The van der Waals surface area contributed by atoms with E-state index in [0.717, 1.165) is 41.0 Å². The molecule has 6 nitrogen and oxygen atoms in total. The van der Waals surface area contributed by atoms with Crippen molar-refractivity contribution in [1.82, 2.24) is 4.98 Å². The molecule has 0 aliphatic carbocycles. The first-order valence-corrected chi connectivity index (χ1v) is 10.9. The molecule has 1 saturated heterocycles. The molecule has 2 amide bonds. The van der Waals surface area contributed by atoms with Crippen molar-refractivity contribution in [3.05, 3.63) is 42.6 Å². The lowest BCUT2D eigenvalue weighted by Crippen LogP contribution is -2.35. The molecule has 2 aromatic rings. The fourth-order valence-corrected chi connectivity index (χ4v) is 5.13. The fraction of sp³-hybridized carbons (Fsp3) is 0.316. The molecule has 1 aromatic heterocycles. The Morgan fingerprint density at radius 2 is 2.04 bits per heavy atom. The molecule has 8 heteroatoms. The van der Waals surface area contributed by atoms with Crippen molar-refractivity contribution in [3.63, 3.8) is 0 Å². The number of nitrogens with zero attached hydrogens (tertiary/aromatic N) is 2. The van der Waals surface area contributed by atoms with E-state index in [-0.39, 0.29) is 18.2 Å². The second-order valence-electron chi connectivity index (χ2n) is 6.32. The van der Waals surface area contributed by atoms with Crippen LogP contribution in [-0.2, 0) is 9.59 Å². The van der Waals surface area contributed by atoms with Gasteiger partial charge in [0.15, 0.2) is 5.82 Å². The number of hydrogen-bond donors (Lipinski definition) is 2. The zero-order valence-corrected chi connectivity index (χ0v) is 16.3. The number of amides is 2. The first-order chi connectivity index (χ1) is 13.2. The van der Waals surface area contributed by atoms with Crippen molar-refractivity contribution in [2.75, 3.05) is 40.1 Å². The first kappa shape index (κ1) is 18.2. The van der Waals surface area contributed by atoms with E-state index in [0.29, 0.717) is 5.69 Å². The summed E-state index contributed by atoms with van der Waals surface area (Å²) >= 11 is 3.36. The summed E-state index contributed by atoms with van der Waals surface area (Å²) in [6.07, 6.45) is 1.86. The normalized spacial score (nSPS) is 19.2. The van der Waals surface area contributed by atoms with E-state index in [1.165, 1.54) is 11.8 Å². The van der Waals surface area contributed by atoms with Crippen LogP contribution in [0.4, 0.5) is 17.2 Å². The van der Waals surface area contributed by atoms with Gasteiger partial charge < -0.3 is 15.5 Å². The Balaban J connectivity index is 1.44. The van der Waals surface area contributed by atoms with E-state index in [1.807, 2.05) is 48.2 Å². The van der Waals surface area contributed by atoms with E-state index in [1.54, 1.807) is 6.20 Å². The number of anilines is 3. The summed E-state index contributed by atoms with van der Waals surface area (Å²) in [5.74, 6) is 2.61. The predicted molar refractivity (Wildman–Crippen MR) is 112 cm³/mol. The molecule has 0 radical (unpaired) electrons. The number of fused-ring (bicyclic) bond motifs is 1. The lowest BCUT2D eigenvalue weighted by atomic mass is 10.2. The van der Waals surface area contributed by atoms with Gasteiger partial charge in [-0.15, -0.1) is 11.8 Å². The van der Waals surface area contributed by atoms with Crippen LogP contribution in [0.15, 0.2) is 47.5 Å². The second-order valence-corrected chi connectivity index (χ2v) is 8.79. The monoisotopic (exact) mass is 400 g/mol. The fourth-order valence-electron chi connectivity index (χ4n) is 3.12. The molecule has 0 spiro atoms. The Bertz CT molecular complexity index is 855. The van der Waals surface area contributed by atoms with Crippen molar-refractivity contribution in [2.45, 2.75) is 16.6 Å². The van der Waals surface area contributed by atoms with E-state index >= 15 is 0 Å². The highest BCUT2D eigenvalue weighted by atomic mass is 32.2. The number of carbonyl (C=O) groups excluding carboxylic acids is 2. The maximum Gasteiger partial charge on any atom is 0.238 e. The summed E-state index contributed by atoms with van der Waals surface area (Å²) in [6, 6.07) is 11.3. The quantitative estimate of drug-likeness (QED) is 0.822. The number of aromatic nitrogens is 1. The van der Waals surface area contributed by atoms with Crippen LogP contribution in [-0.4, -0.2) is 46.6 Å². The molecular formula is C19H20N4O2S2. The molecule has 27 heavy (non-hydrogen) atoms. The smallest absolute Gasteiger partial charge is 0.238 e. The molecule has 140 valence electrons. The molecule has 2 aliphatic rings. The maximum absolute atomic E-state index is 12.6. The van der Waals surface area contributed by atoms with E-state index in [9.17, 15) is 9.59 Å². The molecule has 1 unspecified atom stereocenters. The minimum Gasteiger partial charge on any atom is -0.353 e. The van der Waals surface area contributed by atoms with E-state index < -0.39 is 5.25 Å². The summed E-state index contributed by atoms with van der Waals surface area (Å²) < 4.78 is 0. The van der Waals surface area contributed by atoms with Gasteiger partial charge in [-0.1, -0.05) is 12.1 Å². The van der Waals surface area contributed by atoms with Crippen molar-refractivity contribution >= 4 is 52.5 Å². The topological polar surface area (TPSA) is 74.3 Å². The summed E-state index contributed by atoms with van der Waals surface area (Å²) in [7, 11) is 0. The van der Waals surface area contributed by atoms with Gasteiger partial charge in [0.2, 0.25) is 11.8 Å². The van der Waals surface area contributed by atoms with Crippen molar-refractivity contribution in [1.29, 1.82) is 0 Å². The van der Waals surface area contributed by atoms with Gasteiger partial charge in [0.05, 0.1) is 16.6 Å². The summed E-state index contributed by atoms with van der Waals surface area (Å²) in [4.78, 5) is 32.6. The largest absolute Gasteiger partial charge is 0.353 e. The average Bonchev–Trinajstić information content (AvgIpc) is 2.69. The van der Waals surface area contributed by atoms with Gasteiger partial charge >= 0.3 is 0 Å². The third-order valence-electron chi connectivity index (χ3n) is 4.45. The van der Waals surface area contributed by atoms with Crippen LogP contribution >= 0.6 is 23.5 Å². The van der Waals surface area contributed by atoms with Crippen molar-refractivity contribution < 1.29 is 9.59 Å². The minimum absolute atomic E-state index is 0.120. The number of pyridine rings is 1. The molecule has 4 rings (SSSR count). The lowest BCUT2D eigenvalue weighted by Gasteiger charge is -2.29. The SMILES string of the molecule is O=C(CC1Sc2ccccc2NC1=O)Nc1cccnc1N1CCSCC1. The van der Waals surface area contributed by atoms with Gasteiger partial charge in [0.25, 0.3) is 0 Å². The standard InChI is InChI=1S/C19H20N4O2S2/c24-17(12-16-19(25)22-13-4-1-2-6-15(13)27-16)21-14-5-3-7-20-18(14)23-8-10-26-11-9-23/h1-7,16H,8-12H2,(H,21,24)(H,22,25). The van der Waals surface area contributed by atoms with E-state index in [4.69, 9.17) is 0 Å². The Kier molecular flexibility index (Phi) is 5.54. The lowest BCUT2D eigenvalue weighted by molar-refractivity contribution is -0.120. The number of thioether (sulfide) groups is 2. The highest BCUT2D eigenvalue weighted by Gasteiger charge is 2.29. The van der Waals surface area contributed by atoms with Gasteiger partial charge in [0.1, 0.15) is 0 Å². The number of rotatable bonds is 4. The van der Waals surface area contributed by atoms with Crippen LogP contribution < -0.4 is 15.5 Å². The molecule has 0 saturated carbocycles. The van der Waals surface area contributed by atoms with Crippen LogP contribution in [0, 0.1) is 0 Å². The Labute approximate surface area is 166 Å². The molecule has 2 aliphatic heterocycles. The maximum atomic E-state index is 12.6. The number of nitrogens with one attached hydrogen (secondary N) is 2. The van der Waals surface area contributed by atoms with E-state index in [2.05, 4.69) is 20.5 Å². The van der Waals surface area contributed by atoms with Crippen molar-refractivity contribution in [2.24, 2.45) is 0 Å². The highest BCUT2D eigenvalue weighted by molar-refractivity contribution is 8.01. The molecule has 1 fully saturated rings. The predicted octanol–water partition coefficient (Wildman–Crippen LogP) is 3.08. The Hall–Kier alpha value is -2.19. The van der Waals surface area contributed by atoms with Gasteiger partial charge in [-0.3, -0.25) is 9.59 Å². The zero-order valence-electron chi connectivity index (χ0n) is 14.7. The number of hydrogen-bond acceptors (Lipinski definition) is 6. The zero-order chi connectivity index (χ0) is 18.6. The van der Waals surface area contributed by atoms with Crippen LogP contribution in [0.25, 0.3) is 0 Å². The first-order valence-electron chi connectivity index (χ1n) is 8.85. The van der Waals surface area contributed by atoms with Gasteiger partial charge in [-0.2, -0.15) is 11.8 Å². The minimum atomic E-state index is -0.439. The second kappa shape index (κ2) is 8.22. The number of benzene rings is 1. The Morgan fingerprint density at radius 1 is 1.22 bits per heavy atom. The molecule has 2 N–H and O–H groups in total. The van der Waals surface area contributed by atoms with Gasteiger partial charge in [0, 0.05) is 42.1 Å².